The summed E-state index contributed by atoms with van der Waals surface area (Å²) < 4.78 is 37.6. The predicted molar refractivity (Wildman–Crippen MR) is 93.5 cm³/mol. The van der Waals surface area contributed by atoms with Crippen molar-refractivity contribution in [3.8, 4) is 0 Å². The Hall–Kier alpha value is -2.00. The normalized spacial score (nSPS) is 11.0. The molecule has 25 heavy (non-hydrogen) atoms. The number of rotatable bonds is 5. The minimum atomic E-state index is -4.38. The molecule has 9 heteroatoms. The van der Waals surface area contributed by atoms with Crippen molar-refractivity contribution in [1.29, 1.82) is 0 Å². The number of hydrogen-bond acceptors (Lipinski definition) is 3. The van der Waals surface area contributed by atoms with Gasteiger partial charge < -0.3 is 10.6 Å². The third kappa shape index (κ3) is 6.79. The fourth-order valence-electron chi connectivity index (χ4n) is 1.81. The van der Waals surface area contributed by atoms with Gasteiger partial charge in [0.15, 0.2) is 0 Å². The average Bonchev–Trinajstić information content (AvgIpc) is 2.54. The van der Waals surface area contributed by atoms with Gasteiger partial charge in [0.1, 0.15) is 0 Å². The molecule has 0 bridgehead atoms. The van der Waals surface area contributed by atoms with Gasteiger partial charge in [0.25, 0.3) is 5.91 Å². The van der Waals surface area contributed by atoms with Gasteiger partial charge in [-0.2, -0.15) is 13.2 Å². The van der Waals surface area contributed by atoms with Crippen LogP contribution in [0.2, 0.25) is 0 Å². The van der Waals surface area contributed by atoms with E-state index in [1.54, 1.807) is 24.3 Å². The molecule has 0 aliphatic carbocycles. The van der Waals surface area contributed by atoms with Crippen LogP contribution in [0.1, 0.15) is 10.4 Å². The van der Waals surface area contributed by atoms with Crippen molar-refractivity contribution >= 4 is 45.2 Å². The first kappa shape index (κ1) is 19.3. The van der Waals surface area contributed by atoms with Gasteiger partial charge in [-0.05, 0) is 60.3 Å². The van der Waals surface area contributed by atoms with Crippen molar-refractivity contribution in [1.82, 2.24) is 5.32 Å². The van der Waals surface area contributed by atoms with Gasteiger partial charge in [0.2, 0.25) is 5.91 Å². The van der Waals surface area contributed by atoms with Gasteiger partial charge in [0, 0.05) is 20.6 Å². The summed E-state index contributed by atoms with van der Waals surface area (Å²) in [6, 6.07) is 11.9. The van der Waals surface area contributed by atoms with Gasteiger partial charge in [0.05, 0.1) is 6.54 Å². The second-order valence-electron chi connectivity index (χ2n) is 4.81. The fraction of sp³-hybridized carbons (Fsp3) is 0.125. The summed E-state index contributed by atoms with van der Waals surface area (Å²) in [6.07, 6.45) is 0. The highest BCUT2D eigenvalue weighted by Crippen LogP contribution is 2.36. The number of alkyl halides is 3. The van der Waals surface area contributed by atoms with E-state index in [1.807, 2.05) is 0 Å². The zero-order valence-corrected chi connectivity index (χ0v) is 15.0. The van der Waals surface area contributed by atoms with Crippen molar-refractivity contribution in [3.05, 3.63) is 58.6 Å². The molecule has 2 aromatic rings. The molecule has 0 aliphatic rings. The number of hydrogen-bond donors (Lipinski definition) is 2. The number of carbonyl (C=O) groups is 2. The number of carbonyl (C=O) groups excluding carboxylic acids is 2. The molecular formula is C16H12BrF3N2O2S. The summed E-state index contributed by atoms with van der Waals surface area (Å²) in [7, 11) is 0. The van der Waals surface area contributed by atoms with E-state index in [-0.39, 0.29) is 28.8 Å². The largest absolute Gasteiger partial charge is 0.446 e. The summed E-state index contributed by atoms with van der Waals surface area (Å²) in [6.45, 7) is -0.256. The molecule has 0 saturated heterocycles. The first-order valence-corrected chi connectivity index (χ1v) is 8.53. The van der Waals surface area contributed by atoms with Crippen LogP contribution in [0, 0.1) is 0 Å². The molecule has 0 heterocycles. The Labute approximate surface area is 154 Å². The standard InChI is InChI=1S/C16H12BrF3N2O2S/c17-11-3-5-12(6-4-11)22-14(23)9-21-15(24)10-1-7-13(8-2-10)25-16(18,19)20/h1-8H,9H2,(H,21,24)(H,22,23). The molecule has 0 radical (unpaired) electrons. The van der Waals surface area contributed by atoms with E-state index in [4.69, 9.17) is 0 Å². The number of benzene rings is 2. The summed E-state index contributed by atoms with van der Waals surface area (Å²) in [5.41, 5.74) is -3.63. The maximum Gasteiger partial charge on any atom is 0.446 e. The van der Waals surface area contributed by atoms with Crippen LogP contribution in [-0.4, -0.2) is 23.9 Å². The molecule has 0 aliphatic heterocycles. The Balaban J connectivity index is 1.85. The van der Waals surface area contributed by atoms with Gasteiger partial charge in [-0.3, -0.25) is 9.59 Å². The molecule has 0 aromatic heterocycles. The minimum Gasteiger partial charge on any atom is -0.343 e. The van der Waals surface area contributed by atoms with Crippen LogP contribution in [0.3, 0.4) is 0 Å². The molecule has 0 fully saturated rings. The second-order valence-corrected chi connectivity index (χ2v) is 6.86. The van der Waals surface area contributed by atoms with Crippen LogP contribution in [0.25, 0.3) is 0 Å². The molecule has 2 aromatic carbocycles. The lowest BCUT2D eigenvalue weighted by atomic mass is 10.2. The molecule has 0 unspecified atom stereocenters. The molecule has 0 spiro atoms. The molecule has 0 saturated carbocycles. The van der Waals surface area contributed by atoms with Crippen LogP contribution in [0.4, 0.5) is 18.9 Å². The van der Waals surface area contributed by atoms with Crippen molar-refractivity contribution in [3.63, 3.8) is 0 Å². The predicted octanol–water partition coefficient (Wildman–Crippen LogP) is 4.43. The van der Waals surface area contributed by atoms with E-state index >= 15 is 0 Å². The third-order valence-electron chi connectivity index (χ3n) is 2.89. The number of thioether (sulfide) groups is 1. The van der Waals surface area contributed by atoms with Crippen LogP contribution in [-0.2, 0) is 4.79 Å². The van der Waals surface area contributed by atoms with E-state index in [2.05, 4.69) is 26.6 Å². The number of amides is 2. The van der Waals surface area contributed by atoms with Gasteiger partial charge in [-0.25, -0.2) is 0 Å². The quantitative estimate of drug-likeness (QED) is 0.687. The molecular weight excluding hydrogens is 421 g/mol. The van der Waals surface area contributed by atoms with Gasteiger partial charge >= 0.3 is 5.51 Å². The highest BCUT2D eigenvalue weighted by atomic mass is 79.9. The fourth-order valence-corrected chi connectivity index (χ4v) is 2.61. The molecule has 2 rings (SSSR count). The first-order valence-electron chi connectivity index (χ1n) is 6.92. The van der Waals surface area contributed by atoms with Crippen molar-refractivity contribution in [2.45, 2.75) is 10.4 Å². The second kappa shape index (κ2) is 8.39. The SMILES string of the molecule is O=C(CNC(=O)c1ccc(SC(F)(F)F)cc1)Nc1ccc(Br)cc1. The van der Waals surface area contributed by atoms with Crippen LogP contribution in [0.15, 0.2) is 57.9 Å². The lowest BCUT2D eigenvalue weighted by Gasteiger charge is -2.08. The lowest BCUT2D eigenvalue weighted by molar-refractivity contribution is -0.115. The summed E-state index contributed by atoms with van der Waals surface area (Å²) in [4.78, 5) is 23.7. The maximum atomic E-state index is 12.2. The minimum absolute atomic E-state index is 0.0166. The summed E-state index contributed by atoms with van der Waals surface area (Å²) >= 11 is 3.02. The number of anilines is 1. The smallest absolute Gasteiger partial charge is 0.343 e. The molecule has 4 nitrogen and oxygen atoms in total. The van der Waals surface area contributed by atoms with Gasteiger partial charge in [-0.15, -0.1) is 0 Å². The highest BCUT2D eigenvalue weighted by molar-refractivity contribution is 9.10. The van der Waals surface area contributed by atoms with Crippen LogP contribution >= 0.6 is 27.7 Å². The average molecular weight is 433 g/mol. The van der Waals surface area contributed by atoms with E-state index in [0.29, 0.717) is 5.69 Å². The molecule has 0 atom stereocenters. The van der Waals surface area contributed by atoms with E-state index < -0.39 is 17.3 Å². The van der Waals surface area contributed by atoms with Crippen molar-refractivity contribution in [2.24, 2.45) is 0 Å². The first-order chi connectivity index (χ1) is 11.7. The summed E-state index contributed by atoms with van der Waals surface area (Å²) in [5, 5.41) is 5.02. The third-order valence-corrected chi connectivity index (χ3v) is 4.16. The topological polar surface area (TPSA) is 58.2 Å². The Morgan fingerprint density at radius 2 is 1.60 bits per heavy atom. The van der Waals surface area contributed by atoms with Crippen LogP contribution in [0.5, 0.6) is 0 Å². The molecule has 2 amide bonds. The van der Waals surface area contributed by atoms with E-state index in [9.17, 15) is 22.8 Å². The Morgan fingerprint density at radius 3 is 2.16 bits per heavy atom. The Bertz CT molecular complexity index is 749. The Kier molecular flexibility index (Phi) is 6.49. The lowest BCUT2D eigenvalue weighted by Crippen LogP contribution is -2.32. The number of halogens is 4. The van der Waals surface area contributed by atoms with E-state index in [0.717, 1.165) is 4.47 Å². The van der Waals surface area contributed by atoms with Crippen molar-refractivity contribution < 1.29 is 22.8 Å². The maximum absolute atomic E-state index is 12.2. The molecule has 132 valence electrons. The van der Waals surface area contributed by atoms with E-state index in [1.165, 1.54) is 24.3 Å². The molecule has 2 N–H and O–H groups in total. The van der Waals surface area contributed by atoms with Gasteiger partial charge in [-0.1, -0.05) is 15.9 Å². The zero-order chi connectivity index (χ0) is 18.4. The Morgan fingerprint density at radius 1 is 1.00 bits per heavy atom. The number of nitrogens with one attached hydrogen (secondary N) is 2. The van der Waals surface area contributed by atoms with Crippen molar-refractivity contribution in [2.75, 3.05) is 11.9 Å². The summed E-state index contributed by atoms with van der Waals surface area (Å²) in [5.74, 6) is -0.963. The van der Waals surface area contributed by atoms with Crippen LogP contribution < -0.4 is 10.6 Å². The highest BCUT2D eigenvalue weighted by Gasteiger charge is 2.29. The zero-order valence-electron chi connectivity index (χ0n) is 12.6. The monoisotopic (exact) mass is 432 g/mol.